The van der Waals surface area contributed by atoms with Crippen LogP contribution < -0.4 is 5.32 Å². The molecule has 0 aliphatic carbocycles. The lowest BCUT2D eigenvalue weighted by Gasteiger charge is -2.08. The zero-order valence-corrected chi connectivity index (χ0v) is 8.79. The highest BCUT2D eigenvalue weighted by atomic mass is 19.1. The zero-order valence-electron chi connectivity index (χ0n) is 8.79. The van der Waals surface area contributed by atoms with Crippen LogP contribution in [0, 0.1) is 11.6 Å². The molecule has 0 fully saturated rings. The van der Waals surface area contributed by atoms with Gasteiger partial charge in [-0.15, -0.1) is 0 Å². The van der Waals surface area contributed by atoms with E-state index in [9.17, 15) is 8.78 Å². The Morgan fingerprint density at radius 1 is 1.19 bits per heavy atom. The second-order valence-electron chi connectivity index (χ2n) is 3.57. The van der Waals surface area contributed by atoms with Crippen molar-refractivity contribution in [1.82, 2.24) is 5.32 Å². The number of halogens is 2. The summed E-state index contributed by atoms with van der Waals surface area (Å²) < 4.78 is 25.6. The van der Waals surface area contributed by atoms with Gasteiger partial charge in [-0.05, 0) is 30.7 Å². The van der Waals surface area contributed by atoms with Gasteiger partial charge in [-0.3, -0.25) is 0 Å². The summed E-state index contributed by atoms with van der Waals surface area (Å²) in [5.41, 5.74) is 0.559. The van der Waals surface area contributed by atoms with Crippen molar-refractivity contribution in [2.45, 2.75) is 12.5 Å². The first kappa shape index (κ1) is 13.0. The van der Waals surface area contributed by atoms with Gasteiger partial charge in [-0.25, -0.2) is 8.78 Å². The molecule has 0 heterocycles. The molecule has 0 unspecified atom stereocenters. The molecule has 16 heavy (non-hydrogen) atoms. The van der Waals surface area contributed by atoms with Crippen molar-refractivity contribution >= 4 is 0 Å². The molecule has 1 aromatic rings. The average molecular weight is 231 g/mol. The van der Waals surface area contributed by atoms with Crippen molar-refractivity contribution in [3.8, 4) is 0 Å². The third kappa shape index (κ3) is 4.65. The monoisotopic (exact) mass is 231 g/mol. The lowest BCUT2D eigenvalue weighted by atomic mass is 10.1. The predicted molar refractivity (Wildman–Crippen MR) is 56.0 cm³/mol. The molecule has 1 aromatic carbocycles. The summed E-state index contributed by atoms with van der Waals surface area (Å²) in [7, 11) is 0. The summed E-state index contributed by atoms with van der Waals surface area (Å²) in [5, 5.41) is 20.4. The van der Waals surface area contributed by atoms with Crippen molar-refractivity contribution in [2.24, 2.45) is 0 Å². The molecule has 3 nitrogen and oxygen atoms in total. The van der Waals surface area contributed by atoms with Crippen LogP contribution in [-0.4, -0.2) is 36.0 Å². The Hall–Kier alpha value is -1.04. The molecule has 0 bridgehead atoms. The van der Waals surface area contributed by atoms with Crippen molar-refractivity contribution in [3.63, 3.8) is 0 Å². The average Bonchev–Trinajstić information content (AvgIpc) is 2.22. The van der Waals surface area contributed by atoms with Gasteiger partial charge < -0.3 is 15.5 Å². The van der Waals surface area contributed by atoms with E-state index in [1.54, 1.807) is 0 Å². The maximum atomic E-state index is 12.8. The van der Waals surface area contributed by atoms with Crippen molar-refractivity contribution in [2.75, 3.05) is 19.7 Å². The van der Waals surface area contributed by atoms with Gasteiger partial charge in [0.15, 0.2) is 0 Å². The number of aliphatic hydroxyl groups excluding tert-OH is 2. The number of hydrogen-bond acceptors (Lipinski definition) is 3. The number of rotatable bonds is 6. The van der Waals surface area contributed by atoms with Gasteiger partial charge in [-0.1, -0.05) is 0 Å². The van der Waals surface area contributed by atoms with E-state index < -0.39 is 17.7 Å². The Bertz CT molecular complexity index is 314. The van der Waals surface area contributed by atoms with E-state index in [-0.39, 0.29) is 13.2 Å². The fraction of sp³-hybridized carbons (Fsp3) is 0.455. The van der Waals surface area contributed by atoms with E-state index in [1.165, 1.54) is 12.1 Å². The molecule has 0 radical (unpaired) electrons. The summed E-state index contributed by atoms with van der Waals surface area (Å²) in [5.74, 6) is -1.18. The van der Waals surface area contributed by atoms with Crippen LogP contribution in [0.2, 0.25) is 0 Å². The van der Waals surface area contributed by atoms with Crippen LogP contribution >= 0.6 is 0 Å². The summed E-state index contributed by atoms with van der Waals surface area (Å²) in [4.78, 5) is 0. The highest BCUT2D eigenvalue weighted by molar-refractivity contribution is 5.18. The van der Waals surface area contributed by atoms with Gasteiger partial charge in [0.25, 0.3) is 0 Å². The first-order chi connectivity index (χ1) is 7.61. The fourth-order valence-corrected chi connectivity index (χ4v) is 1.32. The zero-order chi connectivity index (χ0) is 12.0. The van der Waals surface area contributed by atoms with Gasteiger partial charge in [0.05, 0.1) is 12.7 Å². The summed E-state index contributed by atoms with van der Waals surface area (Å²) in [6, 6.07) is 3.37. The van der Waals surface area contributed by atoms with E-state index in [1.807, 2.05) is 0 Å². The molecule has 0 saturated heterocycles. The van der Waals surface area contributed by atoms with Gasteiger partial charge in [0, 0.05) is 12.6 Å². The second-order valence-corrected chi connectivity index (χ2v) is 3.57. The Kier molecular flexibility index (Phi) is 5.31. The van der Waals surface area contributed by atoms with E-state index in [0.29, 0.717) is 18.5 Å². The van der Waals surface area contributed by atoms with E-state index in [0.717, 1.165) is 6.07 Å². The van der Waals surface area contributed by atoms with Crippen LogP contribution in [-0.2, 0) is 6.42 Å². The van der Waals surface area contributed by atoms with E-state index in [2.05, 4.69) is 5.32 Å². The maximum absolute atomic E-state index is 12.8. The van der Waals surface area contributed by atoms with Gasteiger partial charge in [0.1, 0.15) is 11.6 Å². The Balaban J connectivity index is 2.32. The summed E-state index contributed by atoms with van der Waals surface area (Å²) in [6.07, 6.45) is -0.337. The Morgan fingerprint density at radius 3 is 2.38 bits per heavy atom. The molecule has 0 aliphatic heterocycles. The predicted octanol–water partition coefficient (Wildman–Crippen LogP) is 0.450. The number of nitrogens with one attached hydrogen (secondary N) is 1. The summed E-state index contributed by atoms with van der Waals surface area (Å²) >= 11 is 0. The highest BCUT2D eigenvalue weighted by Gasteiger charge is 2.02. The molecular formula is C11H15F2NO2. The number of hydrogen-bond donors (Lipinski definition) is 3. The molecule has 90 valence electrons. The van der Waals surface area contributed by atoms with Crippen molar-refractivity contribution in [3.05, 3.63) is 35.4 Å². The first-order valence-electron chi connectivity index (χ1n) is 5.06. The standard InChI is InChI=1S/C11H15F2NO2/c12-9-3-8(4-10(13)5-9)1-2-14-6-11(16)7-15/h3-5,11,14-16H,1-2,6-7H2/t11-/m0/s1. The molecule has 1 atom stereocenters. The largest absolute Gasteiger partial charge is 0.394 e. The van der Waals surface area contributed by atoms with Crippen molar-refractivity contribution < 1.29 is 19.0 Å². The fourth-order valence-electron chi connectivity index (χ4n) is 1.32. The third-order valence-corrected chi connectivity index (χ3v) is 2.10. The van der Waals surface area contributed by atoms with Gasteiger partial charge in [0.2, 0.25) is 0 Å². The van der Waals surface area contributed by atoms with Crippen LogP contribution in [0.3, 0.4) is 0 Å². The maximum Gasteiger partial charge on any atom is 0.126 e. The van der Waals surface area contributed by atoms with Crippen LogP contribution in [0.25, 0.3) is 0 Å². The lowest BCUT2D eigenvalue weighted by Crippen LogP contribution is -2.30. The third-order valence-electron chi connectivity index (χ3n) is 2.10. The summed E-state index contributed by atoms with van der Waals surface area (Å²) in [6.45, 7) is 0.440. The van der Waals surface area contributed by atoms with E-state index in [4.69, 9.17) is 10.2 Å². The molecule has 5 heteroatoms. The normalized spacial score (nSPS) is 12.8. The van der Waals surface area contributed by atoms with Crippen molar-refractivity contribution in [1.29, 1.82) is 0 Å². The molecule has 0 saturated carbocycles. The van der Waals surface area contributed by atoms with E-state index >= 15 is 0 Å². The Morgan fingerprint density at radius 2 is 1.81 bits per heavy atom. The molecule has 0 spiro atoms. The highest BCUT2D eigenvalue weighted by Crippen LogP contribution is 2.07. The molecule has 3 N–H and O–H groups in total. The smallest absolute Gasteiger partial charge is 0.126 e. The SMILES string of the molecule is OC[C@@H](O)CNCCc1cc(F)cc(F)c1. The molecule has 1 rings (SSSR count). The van der Waals surface area contributed by atoms with Gasteiger partial charge >= 0.3 is 0 Å². The quantitative estimate of drug-likeness (QED) is 0.623. The molecule has 0 amide bonds. The van der Waals surface area contributed by atoms with Crippen LogP contribution in [0.15, 0.2) is 18.2 Å². The number of aliphatic hydroxyl groups is 2. The molecule has 0 aliphatic rings. The van der Waals surface area contributed by atoms with Crippen LogP contribution in [0.5, 0.6) is 0 Å². The van der Waals surface area contributed by atoms with Crippen LogP contribution in [0.4, 0.5) is 8.78 Å². The Labute approximate surface area is 92.7 Å². The number of benzene rings is 1. The molecular weight excluding hydrogens is 216 g/mol. The lowest BCUT2D eigenvalue weighted by molar-refractivity contribution is 0.0947. The first-order valence-corrected chi connectivity index (χ1v) is 5.06. The minimum absolute atomic E-state index is 0.258. The van der Waals surface area contributed by atoms with Crippen LogP contribution in [0.1, 0.15) is 5.56 Å². The van der Waals surface area contributed by atoms with Gasteiger partial charge in [-0.2, -0.15) is 0 Å². The minimum Gasteiger partial charge on any atom is -0.394 e. The second kappa shape index (κ2) is 6.52. The minimum atomic E-state index is -0.802. The topological polar surface area (TPSA) is 52.5 Å². The molecule has 0 aromatic heterocycles.